The summed E-state index contributed by atoms with van der Waals surface area (Å²) in [6.07, 6.45) is 2.33. The number of rotatable bonds is 6. The van der Waals surface area contributed by atoms with Gasteiger partial charge in [-0.15, -0.1) is 0 Å². The molecule has 1 aromatic carbocycles. The van der Waals surface area contributed by atoms with Crippen LogP contribution in [0.4, 0.5) is 5.69 Å². The van der Waals surface area contributed by atoms with Crippen molar-refractivity contribution < 1.29 is 17.9 Å². The standard InChI is InChI=1S/C23H32N4O4S/c1-19-2-4-20(5-3-19)26-15-13-25(14-16-26)10-6-21-18-23(22(28)31-21)7-11-27(12-8-23)32(29,30)17-9-24/h2-5,21H,6-8,10-18H2,1H3. The molecule has 1 spiro atoms. The average molecular weight is 461 g/mol. The second-order valence-electron chi connectivity index (χ2n) is 9.28. The van der Waals surface area contributed by atoms with Gasteiger partial charge in [-0.3, -0.25) is 9.69 Å². The zero-order valence-electron chi connectivity index (χ0n) is 18.7. The highest BCUT2D eigenvalue weighted by Crippen LogP contribution is 2.44. The summed E-state index contributed by atoms with van der Waals surface area (Å²) in [6, 6.07) is 10.4. The van der Waals surface area contributed by atoms with Gasteiger partial charge in [0.15, 0.2) is 5.75 Å². The Bertz CT molecular complexity index is 957. The molecule has 0 radical (unpaired) electrons. The summed E-state index contributed by atoms with van der Waals surface area (Å²) in [7, 11) is -3.55. The molecule has 0 saturated carbocycles. The van der Waals surface area contributed by atoms with Crippen LogP contribution in [-0.4, -0.2) is 81.3 Å². The summed E-state index contributed by atoms with van der Waals surface area (Å²) >= 11 is 0. The molecule has 3 fully saturated rings. The van der Waals surface area contributed by atoms with Crippen molar-refractivity contribution in [3.8, 4) is 6.07 Å². The van der Waals surface area contributed by atoms with Crippen molar-refractivity contribution in [2.75, 3.05) is 56.5 Å². The molecule has 0 aromatic heterocycles. The summed E-state index contributed by atoms with van der Waals surface area (Å²) in [4.78, 5) is 17.5. The lowest BCUT2D eigenvalue weighted by atomic mass is 9.76. The van der Waals surface area contributed by atoms with Crippen molar-refractivity contribution in [1.29, 1.82) is 5.26 Å². The van der Waals surface area contributed by atoms with Crippen molar-refractivity contribution in [3.63, 3.8) is 0 Å². The lowest BCUT2D eigenvalue weighted by Crippen LogP contribution is -2.47. The van der Waals surface area contributed by atoms with Gasteiger partial charge in [-0.05, 0) is 38.3 Å². The molecular weight excluding hydrogens is 428 g/mol. The predicted molar refractivity (Wildman–Crippen MR) is 122 cm³/mol. The molecule has 1 unspecified atom stereocenters. The highest BCUT2D eigenvalue weighted by molar-refractivity contribution is 7.89. The maximum absolute atomic E-state index is 12.7. The molecule has 8 nitrogen and oxygen atoms in total. The number of hydrogen-bond donors (Lipinski definition) is 0. The number of cyclic esters (lactones) is 1. The van der Waals surface area contributed by atoms with E-state index in [0.717, 1.165) is 39.1 Å². The minimum Gasteiger partial charge on any atom is -0.462 e. The molecule has 174 valence electrons. The lowest BCUT2D eigenvalue weighted by Gasteiger charge is -2.36. The predicted octanol–water partition coefficient (Wildman–Crippen LogP) is 1.76. The van der Waals surface area contributed by atoms with Gasteiger partial charge >= 0.3 is 5.97 Å². The van der Waals surface area contributed by atoms with Crippen LogP contribution in [0.25, 0.3) is 0 Å². The Hall–Kier alpha value is -2.15. The number of aryl methyl sites for hydroxylation is 1. The van der Waals surface area contributed by atoms with E-state index < -0.39 is 21.2 Å². The largest absolute Gasteiger partial charge is 0.462 e. The van der Waals surface area contributed by atoms with Gasteiger partial charge in [0.1, 0.15) is 6.10 Å². The third-order valence-electron chi connectivity index (χ3n) is 7.18. The Balaban J connectivity index is 1.23. The first-order valence-electron chi connectivity index (χ1n) is 11.4. The quantitative estimate of drug-likeness (QED) is 0.597. The zero-order valence-corrected chi connectivity index (χ0v) is 19.5. The van der Waals surface area contributed by atoms with Crippen LogP contribution >= 0.6 is 0 Å². The van der Waals surface area contributed by atoms with Gasteiger partial charge in [-0.2, -0.15) is 5.26 Å². The van der Waals surface area contributed by atoms with Crippen LogP contribution in [0.5, 0.6) is 0 Å². The number of anilines is 1. The minimum absolute atomic E-state index is 0.0973. The molecular formula is C23H32N4O4S. The number of piperazine rings is 1. The van der Waals surface area contributed by atoms with E-state index in [9.17, 15) is 13.2 Å². The molecule has 0 bridgehead atoms. The third-order valence-corrected chi connectivity index (χ3v) is 8.83. The lowest BCUT2D eigenvalue weighted by molar-refractivity contribution is -0.150. The van der Waals surface area contributed by atoms with Crippen LogP contribution in [0, 0.1) is 23.7 Å². The average Bonchev–Trinajstić information content (AvgIpc) is 3.08. The first-order valence-corrected chi connectivity index (χ1v) is 13.0. The molecule has 1 atom stereocenters. The Morgan fingerprint density at radius 3 is 2.38 bits per heavy atom. The highest BCUT2D eigenvalue weighted by Gasteiger charge is 2.51. The molecule has 0 N–H and O–H groups in total. The molecule has 3 aliphatic heterocycles. The van der Waals surface area contributed by atoms with Gasteiger partial charge in [0.05, 0.1) is 11.5 Å². The molecule has 3 saturated heterocycles. The number of piperidine rings is 1. The smallest absolute Gasteiger partial charge is 0.312 e. The Morgan fingerprint density at radius 1 is 1.09 bits per heavy atom. The van der Waals surface area contributed by atoms with Gasteiger partial charge in [0, 0.05) is 57.9 Å². The number of nitrogens with zero attached hydrogens (tertiary/aromatic N) is 4. The Kier molecular flexibility index (Phi) is 6.75. The molecule has 4 rings (SSSR count). The van der Waals surface area contributed by atoms with Gasteiger partial charge in [-0.1, -0.05) is 17.7 Å². The fourth-order valence-corrected chi connectivity index (χ4v) is 6.17. The number of ether oxygens (including phenoxy) is 1. The van der Waals surface area contributed by atoms with Gasteiger partial charge in [0.2, 0.25) is 10.0 Å². The number of hydrogen-bond acceptors (Lipinski definition) is 7. The van der Waals surface area contributed by atoms with Crippen molar-refractivity contribution in [2.24, 2.45) is 5.41 Å². The van der Waals surface area contributed by atoms with Crippen LogP contribution in [0.2, 0.25) is 0 Å². The summed E-state index contributed by atoms with van der Waals surface area (Å²) in [5, 5.41) is 8.73. The summed E-state index contributed by atoms with van der Waals surface area (Å²) in [5.41, 5.74) is 1.98. The van der Waals surface area contributed by atoms with Crippen LogP contribution in [-0.2, 0) is 19.6 Å². The number of carbonyl (C=O) groups is 1. The van der Waals surface area contributed by atoms with Crippen molar-refractivity contribution in [3.05, 3.63) is 29.8 Å². The fraction of sp³-hybridized carbons (Fsp3) is 0.652. The molecule has 32 heavy (non-hydrogen) atoms. The van der Waals surface area contributed by atoms with E-state index in [1.165, 1.54) is 15.6 Å². The molecule has 3 heterocycles. The van der Waals surface area contributed by atoms with Crippen molar-refractivity contribution in [1.82, 2.24) is 9.21 Å². The highest BCUT2D eigenvalue weighted by atomic mass is 32.2. The van der Waals surface area contributed by atoms with Gasteiger partial charge in [-0.25, -0.2) is 12.7 Å². The number of nitriles is 1. The zero-order chi connectivity index (χ0) is 22.8. The normalized spacial score (nSPS) is 24.4. The topological polar surface area (TPSA) is 94.0 Å². The van der Waals surface area contributed by atoms with E-state index in [1.54, 1.807) is 6.07 Å². The molecule has 3 aliphatic rings. The maximum Gasteiger partial charge on any atom is 0.312 e. The summed E-state index contributed by atoms with van der Waals surface area (Å²) in [6.45, 7) is 7.53. The van der Waals surface area contributed by atoms with Gasteiger partial charge < -0.3 is 9.64 Å². The summed E-state index contributed by atoms with van der Waals surface area (Å²) in [5.74, 6) is -0.687. The SMILES string of the molecule is Cc1ccc(N2CCN(CCC3CC4(CCN(S(=O)(=O)CC#N)CC4)C(=O)O3)CC2)cc1. The second-order valence-corrected chi connectivity index (χ2v) is 11.2. The van der Waals surface area contributed by atoms with E-state index in [2.05, 4.69) is 41.0 Å². The van der Waals surface area contributed by atoms with E-state index in [-0.39, 0.29) is 25.2 Å². The fourth-order valence-electron chi connectivity index (χ4n) is 5.08. The van der Waals surface area contributed by atoms with Crippen molar-refractivity contribution in [2.45, 2.75) is 38.7 Å². The number of benzene rings is 1. The maximum atomic E-state index is 12.7. The number of esters is 1. The third kappa shape index (κ3) is 4.92. The second kappa shape index (κ2) is 9.38. The van der Waals surface area contributed by atoms with Crippen LogP contribution in [0.1, 0.15) is 31.2 Å². The Morgan fingerprint density at radius 2 is 1.75 bits per heavy atom. The van der Waals surface area contributed by atoms with Crippen LogP contribution < -0.4 is 4.90 Å². The van der Waals surface area contributed by atoms with Gasteiger partial charge in [0.25, 0.3) is 0 Å². The van der Waals surface area contributed by atoms with Crippen LogP contribution in [0.3, 0.4) is 0 Å². The van der Waals surface area contributed by atoms with Crippen molar-refractivity contribution >= 4 is 21.7 Å². The Labute approximate surface area is 190 Å². The minimum atomic E-state index is -3.55. The molecule has 0 aliphatic carbocycles. The van der Waals surface area contributed by atoms with E-state index in [0.29, 0.717) is 19.3 Å². The monoisotopic (exact) mass is 460 g/mol. The van der Waals surface area contributed by atoms with E-state index in [4.69, 9.17) is 10.00 Å². The first kappa shape index (κ1) is 23.0. The number of carbonyl (C=O) groups excluding carboxylic acids is 1. The molecule has 1 aromatic rings. The summed E-state index contributed by atoms with van der Waals surface area (Å²) < 4.78 is 31.3. The first-order chi connectivity index (χ1) is 15.3. The van der Waals surface area contributed by atoms with E-state index in [1.807, 2.05) is 0 Å². The van der Waals surface area contributed by atoms with Crippen LogP contribution in [0.15, 0.2) is 24.3 Å². The van der Waals surface area contributed by atoms with E-state index >= 15 is 0 Å². The molecule has 0 amide bonds. The number of sulfonamides is 1. The molecule has 9 heteroatoms.